The summed E-state index contributed by atoms with van der Waals surface area (Å²) in [5.41, 5.74) is 2.34. The molecule has 0 radical (unpaired) electrons. The highest BCUT2D eigenvalue weighted by atomic mass is 35.5. The van der Waals surface area contributed by atoms with Crippen molar-refractivity contribution in [3.05, 3.63) is 29.7 Å². The number of fused-ring (bicyclic) bond motifs is 1. The van der Waals surface area contributed by atoms with Gasteiger partial charge in [0.1, 0.15) is 5.52 Å². The summed E-state index contributed by atoms with van der Waals surface area (Å²) in [5, 5.41) is 3.31. The standard InChI is InChI=1S/C16H21N3O2.2ClH/c1-3-8-19(12-6-7-17-10-12)16(20)15-9-13-14(21-15)5-4-11(2)18-13;;/h4-5,9,12,17H,3,6-8,10H2,1-2H3;2*1H. The predicted molar refractivity (Wildman–Crippen MR) is 95.8 cm³/mol. The Bertz CT molecular complexity index is 654. The third kappa shape index (κ3) is 4.16. The Morgan fingerprint density at radius 1 is 1.43 bits per heavy atom. The predicted octanol–water partition coefficient (Wildman–Crippen LogP) is 3.19. The van der Waals surface area contributed by atoms with Gasteiger partial charge < -0.3 is 14.6 Å². The van der Waals surface area contributed by atoms with Crippen molar-refractivity contribution in [2.75, 3.05) is 19.6 Å². The van der Waals surface area contributed by atoms with Crippen LogP contribution in [0.2, 0.25) is 0 Å². The number of hydrogen-bond acceptors (Lipinski definition) is 4. The van der Waals surface area contributed by atoms with Crippen molar-refractivity contribution >= 4 is 41.8 Å². The molecular weight excluding hydrogens is 337 g/mol. The molecule has 0 aliphatic carbocycles. The molecule has 1 unspecified atom stereocenters. The number of rotatable bonds is 4. The smallest absolute Gasteiger partial charge is 0.289 e. The zero-order chi connectivity index (χ0) is 14.8. The molecule has 1 amide bonds. The molecule has 2 aromatic rings. The fourth-order valence-electron chi connectivity index (χ4n) is 2.87. The molecule has 3 heterocycles. The first-order valence-electron chi connectivity index (χ1n) is 7.58. The van der Waals surface area contributed by atoms with Crippen LogP contribution in [0.5, 0.6) is 0 Å². The van der Waals surface area contributed by atoms with Crippen molar-refractivity contribution in [3.63, 3.8) is 0 Å². The molecule has 1 N–H and O–H groups in total. The maximum atomic E-state index is 12.8. The van der Waals surface area contributed by atoms with Crippen LogP contribution in [0.4, 0.5) is 0 Å². The quantitative estimate of drug-likeness (QED) is 0.910. The Morgan fingerprint density at radius 3 is 2.87 bits per heavy atom. The minimum atomic E-state index is -0.0267. The van der Waals surface area contributed by atoms with Crippen molar-refractivity contribution in [2.24, 2.45) is 0 Å². The van der Waals surface area contributed by atoms with Crippen molar-refractivity contribution in [3.8, 4) is 0 Å². The van der Waals surface area contributed by atoms with Gasteiger partial charge in [-0.2, -0.15) is 0 Å². The summed E-state index contributed by atoms with van der Waals surface area (Å²) in [4.78, 5) is 19.1. The maximum absolute atomic E-state index is 12.8. The van der Waals surface area contributed by atoms with E-state index in [1.54, 1.807) is 6.07 Å². The largest absolute Gasteiger partial charge is 0.449 e. The first-order valence-corrected chi connectivity index (χ1v) is 7.58. The molecule has 128 valence electrons. The molecule has 0 bridgehead atoms. The molecule has 1 atom stereocenters. The second-order valence-corrected chi connectivity index (χ2v) is 5.59. The Hall–Kier alpha value is -1.30. The molecule has 1 aliphatic heterocycles. The summed E-state index contributed by atoms with van der Waals surface area (Å²) in [6.07, 6.45) is 1.95. The second kappa shape index (κ2) is 8.52. The number of aromatic nitrogens is 1. The topological polar surface area (TPSA) is 58.4 Å². The molecule has 3 rings (SSSR count). The van der Waals surface area contributed by atoms with Crippen molar-refractivity contribution < 1.29 is 9.21 Å². The number of pyridine rings is 1. The lowest BCUT2D eigenvalue weighted by atomic mass is 10.2. The number of carbonyl (C=O) groups excluding carboxylic acids is 1. The summed E-state index contributed by atoms with van der Waals surface area (Å²) in [6.45, 7) is 6.62. The first-order chi connectivity index (χ1) is 10.2. The van der Waals surface area contributed by atoms with Crippen LogP contribution in [0.3, 0.4) is 0 Å². The van der Waals surface area contributed by atoms with Crippen LogP contribution in [0.1, 0.15) is 36.0 Å². The summed E-state index contributed by atoms with van der Waals surface area (Å²) < 4.78 is 5.70. The number of aryl methyl sites for hydroxylation is 1. The summed E-state index contributed by atoms with van der Waals surface area (Å²) in [6, 6.07) is 5.79. The van der Waals surface area contributed by atoms with Gasteiger partial charge in [0, 0.05) is 30.9 Å². The van der Waals surface area contributed by atoms with Crippen LogP contribution in [0.15, 0.2) is 22.6 Å². The lowest BCUT2D eigenvalue weighted by molar-refractivity contribution is 0.0662. The van der Waals surface area contributed by atoms with Gasteiger partial charge in [-0.1, -0.05) is 6.92 Å². The molecular formula is C16H23Cl2N3O2. The number of furan rings is 1. The first kappa shape index (κ1) is 19.7. The minimum Gasteiger partial charge on any atom is -0.449 e. The van der Waals surface area contributed by atoms with Gasteiger partial charge in [0.15, 0.2) is 11.3 Å². The van der Waals surface area contributed by atoms with E-state index in [9.17, 15) is 4.79 Å². The second-order valence-electron chi connectivity index (χ2n) is 5.59. The summed E-state index contributed by atoms with van der Waals surface area (Å²) in [7, 11) is 0. The van der Waals surface area contributed by atoms with Crippen LogP contribution in [0, 0.1) is 6.92 Å². The van der Waals surface area contributed by atoms with E-state index in [2.05, 4.69) is 17.2 Å². The van der Waals surface area contributed by atoms with Crippen LogP contribution < -0.4 is 5.32 Å². The number of nitrogens with zero attached hydrogens (tertiary/aromatic N) is 2. The van der Waals surface area contributed by atoms with E-state index in [0.29, 0.717) is 11.3 Å². The average molecular weight is 360 g/mol. The molecule has 1 aliphatic rings. The van der Waals surface area contributed by atoms with Gasteiger partial charge in [-0.3, -0.25) is 4.79 Å². The van der Waals surface area contributed by atoms with E-state index in [1.807, 2.05) is 24.0 Å². The number of nitrogens with one attached hydrogen (secondary N) is 1. The highest BCUT2D eigenvalue weighted by Crippen LogP contribution is 2.21. The molecule has 23 heavy (non-hydrogen) atoms. The van der Waals surface area contributed by atoms with Gasteiger partial charge >= 0.3 is 0 Å². The zero-order valence-electron chi connectivity index (χ0n) is 13.4. The van der Waals surface area contributed by atoms with Crippen molar-refractivity contribution in [2.45, 2.75) is 32.7 Å². The molecule has 1 fully saturated rings. The number of hydrogen-bond donors (Lipinski definition) is 1. The molecule has 7 heteroatoms. The molecule has 2 aromatic heterocycles. The number of amides is 1. The summed E-state index contributed by atoms with van der Waals surface area (Å²) in [5.74, 6) is 0.365. The highest BCUT2D eigenvalue weighted by Gasteiger charge is 2.28. The number of halogens is 2. The van der Waals surface area contributed by atoms with E-state index in [-0.39, 0.29) is 36.8 Å². The average Bonchev–Trinajstić information content (AvgIpc) is 3.12. The fourth-order valence-corrected chi connectivity index (χ4v) is 2.87. The maximum Gasteiger partial charge on any atom is 0.289 e. The van der Waals surface area contributed by atoms with Crippen LogP contribution in [-0.2, 0) is 0 Å². The normalized spacial score (nSPS) is 16.7. The Balaban J connectivity index is 0.00000132. The van der Waals surface area contributed by atoms with Crippen LogP contribution in [0.25, 0.3) is 11.1 Å². The third-order valence-electron chi connectivity index (χ3n) is 3.92. The van der Waals surface area contributed by atoms with E-state index in [4.69, 9.17) is 4.42 Å². The Kier molecular flexibility index (Phi) is 7.32. The fraction of sp³-hybridized carbons (Fsp3) is 0.500. The van der Waals surface area contributed by atoms with Gasteiger partial charge in [0.2, 0.25) is 0 Å². The molecule has 5 nitrogen and oxygen atoms in total. The van der Waals surface area contributed by atoms with Gasteiger partial charge in [-0.05, 0) is 38.4 Å². The van der Waals surface area contributed by atoms with Crippen LogP contribution >= 0.6 is 24.8 Å². The molecule has 0 spiro atoms. The Labute approximate surface area is 148 Å². The zero-order valence-corrected chi connectivity index (χ0v) is 15.0. The van der Waals surface area contributed by atoms with Gasteiger partial charge in [0.05, 0.1) is 0 Å². The van der Waals surface area contributed by atoms with Gasteiger partial charge in [-0.15, -0.1) is 24.8 Å². The third-order valence-corrected chi connectivity index (χ3v) is 3.92. The Morgan fingerprint density at radius 2 is 2.22 bits per heavy atom. The van der Waals surface area contributed by atoms with Gasteiger partial charge in [0.25, 0.3) is 5.91 Å². The lowest BCUT2D eigenvalue weighted by Gasteiger charge is -2.27. The lowest BCUT2D eigenvalue weighted by Crippen LogP contribution is -2.41. The van der Waals surface area contributed by atoms with Crippen molar-refractivity contribution in [1.29, 1.82) is 0 Å². The van der Waals surface area contributed by atoms with E-state index in [0.717, 1.165) is 43.7 Å². The van der Waals surface area contributed by atoms with E-state index < -0.39 is 0 Å². The minimum absolute atomic E-state index is 0. The summed E-state index contributed by atoms with van der Waals surface area (Å²) >= 11 is 0. The highest BCUT2D eigenvalue weighted by molar-refractivity contribution is 5.95. The SMILES string of the molecule is CCCN(C(=O)c1cc2nc(C)ccc2o1)C1CCNC1.Cl.Cl. The molecule has 1 saturated heterocycles. The monoisotopic (exact) mass is 359 g/mol. The van der Waals surface area contributed by atoms with Crippen LogP contribution in [-0.4, -0.2) is 41.5 Å². The van der Waals surface area contributed by atoms with E-state index >= 15 is 0 Å². The van der Waals surface area contributed by atoms with Gasteiger partial charge in [-0.25, -0.2) is 4.98 Å². The molecule has 0 saturated carbocycles. The van der Waals surface area contributed by atoms with Crippen molar-refractivity contribution in [1.82, 2.24) is 15.2 Å². The molecule has 0 aromatic carbocycles. The number of carbonyl (C=O) groups is 1. The van der Waals surface area contributed by atoms with E-state index in [1.165, 1.54) is 0 Å².